The van der Waals surface area contributed by atoms with E-state index in [0.29, 0.717) is 5.92 Å². The Labute approximate surface area is 84.6 Å². The largest absolute Gasteiger partial charge is 0.381 e. The van der Waals surface area contributed by atoms with Crippen LogP contribution < -0.4 is 5.32 Å². The summed E-state index contributed by atoms with van der Waals surface area (Å²) >= 11 is 4.05. The second kappa shape index (κ2) is 5.50. The Morgan fingerprint density at radius 1 is 1.77 bits per heavy atom. The van der Waals surface area contributed by atoms with Gasteiger partial charge in [-0.05, 0) is 25.7 Å². The third-order valence-electron chi connectivity index (χ3n) is 2.20. The van der Waals surface area contributed by atoms with Crippen LogP contribution in [0, 0.1) is 5.92 Å². The van der Waals surface area contributed by atoms with Gasteiger partial charge in [0.05, 0.1) is 11.9 Å². The Bertz CT molecular complexity index is 167. The summed E-state index contributed by atoms with van der Waals surface area (Å²) in [6.07, 6.45) is 2.26. The summed E-state index contributed by atoms with van der Waals surface area (Å²) in [7, 11) is 0. The van der Waals surface area contributed by atoms with E-state index in [-0.39, 0.29) is 11.2 Å². The van der Waals surface area contributed by atoms with Crippen LogP contribution in [0.3, 0.4) is 0 Å². The topological polar surface area (TPSA) is 38.3 Å². The minimum absolute atomic E-state index is 0.00825. The second-order valence-electron chi connectivity index (χ2n) is 3.50. The number of nitrogens with one attached hydrogen (secondary N) is 1. The molecule has 1 N–H and O–H groups in total. The number of amides is 1. The van der Waals surface area contributed by atoms with E-state index in [9.17, 15) is 4.79 Å². The van der Waals surface area contributed by atoms with Gasteiger partial charge < -0.3 is 10.1 Å². The molecule has 13 heavy (non-hydrogen) atoms. The zero-order valence-corrected chi connectivity index (χ0v) is 8.85. The van der Waals surface area contributed by atoms with E-state index in [4.69, 9.17) is 4.74 Å². The van der Waals surface area contributed by atoms with Crippen LogP contribution in [-0.2, 0) is 9.53 Å². The minimum atomic E-state index is -0.218. The van der Waals surface area contributed by atoms with Crippen molar-refractivity contribution in [3.8, 4) is 0 Å². The van der Waals surface area contributed by atoms with Crippen LogP contribution in [0.1, 0.15) is 19.8 Å². The van der Waals surface area contributed by atoms with Gasteiger partial charge in [0.25, 0.3) is 0 Å². The normalized spacial score (nSPS) is 25.2. The molecule has 3 nitrogen and oxygen atoms in total. The molecule has 2 atom stereocenters. The van der Waals surface area contributed by atoms with Gasteiger partial charge in [-0.2, -0.15) is 12.6 Å². The van der Waals surface area contributed by atoms with Crippen molar-refractivity contribution in [2.45, 2.75) is 25.0 Å². The monoisotopic (exact) mass is 203 g/mol. The average Bonchev–Trinajstić information content (AvgIpc) is 2.15. The van der Waals surface area contributed by atoms with E-state index in [2.05, 4.69) is 17.9 Å². The molecular formula is C9H17NO2S. The summed E-state index contributed by atoms with van der Waals surface area (Å²) in [6.45, 7) is 4.15. The lowest BCUT2D eigenvalue weighted by molar-refractivity contribution is -0.120. The van der Waals surface area contributed by atoms with Crippen molar-refractivity contribution in [2.75, 3.05) is 19.8 Å². The summed E-state index contributed by atoms with van der Waals surface area (Å²) in [5.41, 5.74) is 0. The van der Waals surface area contributed by atoms with Crippen LogP contribution in [0.15, 0.2) is 0 Å². The van der Waals surface area contributed by atoms with E-state index in [0.717, 1.165) is 32.6 Å². The quantitative estimate of drug-likeness (QED) is 0.667. The van der Waals surface area contributed by atoms with E-state index >= 15 is 0 Å². The Morgan fingerprint density at radius 3 is 3.08 bits per heavy atom. The first-order valence-electron chi connectivity index (χ1n) is 4.73. The summed E-state index contributed by atoms with van der Waals surface area (Å²) in [5, 5.41) is 2.64. The van der Waals surface area contributed by atoms with Crippen LogP contribution in [-0.4, -0.2) is 30.9 Å². The van der Waals surface area contributed by atoms with Crippen LogP contribution in [0.4, 0.5) is 0 Å². The van der Waals surface area contributed by atoms with Crippen molar-refractivity contribution in [3.63, 3.8) is 0 Å². The fraction of sp³-hybridized carbons (Fsp3) is 0.889. The highest BCUT2D eigenvalue weighted by atomic mass is 32.1. The molecule has 1 heterocycles. The van der Waals surface area contributed by atoms with Gasteiger partial charge in [0, 0.05) is 13.2 Å². The van der Waals surface area contributed by atoms with Crippen molar-refractivity contribution in [1.29, 1.82) is 0 Å². The van der Waals surface area contributed by atoms with Crippen molar-refractivity contribution in [3.05, 3.63) is 0 Å². The fourth-order valence-electron chi connectivity index (χ4n) is 1.36. The van der Waals surface area contributed by atoms with Crippen LogP contribution in [0.2, 0.25) is 0 Å². The molecule has 4 heteroatoms. The summed E-state index contributed by atoms with van der Waals surface area (Å²) in [5.74, 6) is 0.499. The number of hydrogen-bond acceptors (Lipinski definition) is 3. The van der Waals surface area contributed by atoms with Gasteiger partial charge >= 0.3 is 0 Å². The van der Waals surface area contributed by atoms with Crippen LogP contribution in [0.25, 0.3) is 0 Å². The smallest absolute Gasteiger partial charge is 0.232 e. The first-order valence-corrected chi connectivity index (χ1v) is 5.25. The zero-order chi connectivity index (χ0) is 9.68. The molecule has 1 aliphatic rings. The molecule has 0 aromatic carbocycles. The van der Waals surface area contributed by atoms with Gasteiger partial charge in [-0.1, -0.05) is 0 Å². The van der Waals surface area contributed by atoms with E-state index in [1.165, 1.54) is 0 Å². The Balaban J connectivity index is 2.13. The first-order chi connectivity index (χ1) is 6.20. The SMILES string of the molecule is CC(S)C(=O)NCC1CCCOC1. The molecule has 1 aliphatic heterocycles. The van der Waals surface area contributed by atoms with Gasteiger partial charge in [-0.25, -0.2) is 0 Å². The summed E-state index contributed by atoms with van der Waals surface area (Å²) in [4.78, 5) is 11.2. The van der Waals surface area contributed by atoms with Gasteiger partial charge in [0.2, 0.25) is 5.91 Å². The van der Waals surface area contributed by atoms with Gasteiger partial charge in [-0.15, -0.1) is 0 Å². The lowest BCUT2D eigenvalue weighted by Crippen LogP contribution is -2.36. The molecule has 1 fully saturated rings. The van der Waals surface area contributed by atoms with Crippen molar-refractivity contribution < 1.29 is 9.53 Å². The third-order valence-corrected chi connectivity index (χ3v) is 2.43. The molecule has 1 rings (SSSR count). The third kappa shape index (κ3) is 4.00. The predicted octanol–water partition coefficient (Wildman–Crippen LogP) is 0.847. The average molecular weight is 203 g/mol. The zero-order valence-electron chi connectivity index (χ0n) is 7.95. The molecule has 0 aliphatic carbocycles. The van der Waals surface area contributed by atoms with E-state index in [1.54, 1.807) is 6.92 Å². The number of rotatable bonds is 3. The van der Waals surface area contributed by atoms with Gasteiger partial charge in [0.15, 0.2) is 0 Å². The second-order valence-corrected chi connectivity index (χ2v) is 4.28. The highest BCUT2D eigenvalue weighted by molar-refractivity contribution is 7.81. The van der Waals surface area contributed by atoms with E-state index in [1.807, 2.05) is 0 Å². The highest BCUT2D eigenvalue weighted by Gasteiger charge is 2.15. The van der Waals surface area contributed by atoms with E-state index < -0.39 is 0 Å². The molecule has 0 aromatic heterocycles. The van der Waals surface area contributed by atoms with Crippen molar-refractivity contribution in [1.82, 2.24) is 5.32 Å². The molecule has 76 valence electrons. The molecule has 0 radical (unpaired) electrons. The van der Waals surface area contributed by atoms with Crippen LogP contribution >= 0.6 is 12.6 Å². The number of carbonyl (C=O) groups excluding carboxylic acids is 1. The van der Waals surface area contributed by atoms with Crippen molar-refractivity contribution >= 4 is 18.5 Å². The lowest BCUT2D eigenvalue weighted by atomic mass is 10.0. The Hall–Kier alpha value is -0.220. The highest BCUT2D eigenvalue weighted by Crippen LogP contribution is 2.12. The first kappa shape index (κ1) is 10.9. The van der Waals surface area contributed by atoms with Crippen molar-refractivity contribution in [2.24, 2.45) is 5.92 Å². The maximum absolute atomic E-state index is 11.2. The molecule has 1 saturated heterocycles. The molecule has 1 amide bonds. The minimum Gasteiger partial charge on any atom is -0.381 e. The summed E-state index contributed by atoms with van der Waals surface area (Å²) < 4.78 is 5.30. The fourth-order valence-corrected chi connectivity index (χ4v) is 1.45. The molecule has 2 unspecified atom stereocenters. The molecule has 0 spiro atoms. The number of hydrogen-bond donors (Lipinski definition) is 2. The molecular weight excluding hydrogens is 186 g/mol. The molecule has 0 saturated carbocycles. The molecule has 0 aromatic rings. The Morgan fingerprint density at radius 2 is 2.54 bits per heavy atom. The molecule has 0 bridgehead atoms. The van der Waals surface area contributed by atoms with Crippen LogP contribution in [0.5, 0.6) is 0 Å². The maximum Gasteiger partial charge on any atom is 0.232 e. The number of ether oxygens (including phenoxy) is 1. The Kier molecular flexibility index (Phi) is 4.59. The van der Waals surface area contributed by atoms with Gasteiger partial charge in [0.1, 0.15) is 0 Å². The number of carbonyl (C=O) groups is 1. The summed E-state index contributed by atoms with van der Waals surface area (Å²) in [6, 6.07) is 0. The lowest BCUT2D eigenvalue weighted by Gasteiger charge is -2.22. The van der Waals surface area contributed by atoms with Gasteiger partial charge in [-0.3, -0.25) is 4.79 Å². The standard InChI is InChI=1S/C9H17NO2S/c1-7(13)9(11)10-5-8-3-2-4-12-6-8/h7-8,13H,2-6H2,1H3,(H,10,11). The predicted molar refractivity (Wildman–Crippen MR) is 55.0 cm³/mol. The number of thiol groups is 1. The maximum atomic E-state index is 11.2.